The molecule has 2 rings (SSSR count). The molecule has 0 aliphatic rings. The lowest BCUT2D eigenvalue weighted by Gasteiger charge is -2.15. The van der Waals surface area contributed by atoms with Crippen LogP contribution in [0.3, 0.4) is 0 Å². The molecule has 10 nitrogen and oxygen atoms in total. The number of nitrogens with one attached hydrogen (secondary N) is 1. The maximum Gasteiger partial charge on any atom is 0.265 e. The molecule has 2 N–H and O–H groups in total. The molecule has 204 valence electrons. The summed E-state index contributed by atoms with van der Waals surface area (Å²) in [5.41, 5.74) is 1.02. The van der Waals surface area contributed by atoms with Gasteiger partial charge in [-0.1, -0.05) is 41.8 Å². The Morgan fingerprint density at radius 1 is 1.03 bits per heavy atom. The van der Waals surface area contributed by atoms with Crippen LogP contribution in [-0.2, 0) is 29.5 Å². The minimum atomic E-state index is -4.59. The second-order valence-electron chi connectivity index (χ2n) is 8.51. The van der Waals surface area contributed by atoms with Crippen molar-refractivity contribution in [2.45, 2.75) is 24.7 Å². The number of carbonyl (C=O) groups excluding carboxylic acids is 3. The van der Waals surface area contributed by atoms with Gasteiger partial charge in [0.15, 0.2) is 21.4 Å². The van der Waals surface area contributed by atoms with Gasteiger partial charge < -0.3 is 10.1 Å². The normalized spacial score (nSPS) is 12.3. The average molecular weight is 564 g/mol. The molecule has 0 fully saturated rings. The van der Waals surface area contributed by atoms with Crippen LogP contribution in [0.1, 0.15) is 39.1 Å². The topological polar surface area (TPSA) is 161 Å². The summed E-state index contributed by atoms with van der Waals surface area (Å²) in [6.07, 6.45) is 4.17. The average Bonchev–Trinajstić information content (AvgIpc) is 2.86. The van der Waals surface area contributed by atoms with Gasteiger partial charge in [-0.05, 0) is 25.1 Å². The highest BCUT2D eigenvalue weighted by molar-refractivity contribution is 7.91. The summed E-state index contributed by atoms with van der Waals surface area (Å²) >= 11 is 0. The molecule has 1 amide bonds. The van der Waals surface area contributed by atoms with Crippen LogP contribution in [0, 0.1) is 25.2 Å². The zero-order valence-electron chi connectivity index (χ0n) is 20.8. The van der Waals surface area contributed by atoms with Crippen molar-refractivity contribution in [1.82, 2.24) is 5.32 Å². The molecule has 0 unspecified atom stereocenters. The fourth-order valence-electron chi connectivity index (χ4n) is 3.45. The summed E-state index contributed by atoms with van der Waals surface area (Å²) in [5, 5.41) is 2.43. The van der Waals surface area contributed by atoms with Gasteiger partial charge >= 0.3 is 0 Å². The second kappa shape index (κ2) is 14.0. The summed E-state index contributed by atoms with van der Waals surface area (Å²) in [5.74, 6) is -2.48. The van der Waals surface area contributed by atoms with Crippen LogP contribution in [0.15, 0.2) is 53.4 Å². The molecule has 2 aromatic carbocycles. The number of hydrogen-bond acceptors (Lipinski definition) is 8. The van der Waals surface area contributed by atoms with Crippen LogP contribution in [0.25, 0.3) is 0 Å². The van der Waals surface area contributed by atoms with Crippen molar-refractivity contribution in [2.75, 3.05) is 31.3 Å². The van der Waals surface area contributed by atoms with Gasteiger partial charge in [0, 0.05) is 30.5 Å². The standard InChI is InChI=1S/C26H29NO9S2/c1-3-13-36-14-12-27-26(30)22(18-38(33,34)35)17-25(29)21-6-4-5-20(16-21)24(28)11-15-37(31,32)23-9-7-19(2)8-10-23/h1,4-10,16,22H,11-15,17-18H2,2H3,(H,27,30)(H,33,34,35)/t22-/m0/s1. The number of sulfone groups is 1. The second-order valence-corrected chi connectivity index (χ2v) is 12.1. The smallest absolute Gasteiger partial charge is 0.265 e. The summed E-state index contributed by atoms with van der Waals surface area (Å²) in [6.45, 7) is 1.91. The summed E-state index contributed by atoms with van der Waals surface area (Å²) < 4.78 is 62.2. The zero-order chi connectivity index (χ0) is 28.3. The number of ketones is 2. The van der Waals surface area contributed by atoms with E-state index in [1.54, 1.807) is 12.1 Å². The summed E-state index contributed by atoms with van der Waals surface area (Å²) in [6, 6.07) is 11.8. The first-order valence-electron chi connectivity index (χ1n) is 11.5. The molecule has 0 aliphatic carbocycles. The fourth-order valence-corrected chi connectivity index (χ4v) is 5.46. The van der Waals surface area contributed by atoms with Crippen LogP contribution in [-0.4, -0.2) is 70.1 Å². The SMILES string of the molecule is C#CCOCCNC(=O)[C@@H](CC(=O)c1cccc(C(=O)CCS(=O)(=O)c2ccc(C)cc2)c1)CS(=O)(=O)O. The number of Topliss-reactive ketones (excluding diaryl/α,β-unsaturated/α-hetero) is 2. The van der Waals surface area contributed by atoms with Crippen molar-refractivity contribution in [2.24, 2.45) is 5.92 Å². The van der Waals surface area contributed by atoms with E-state index in [9.17, 15) is 35.8 Å². The highest BCUT2D eigenvalue weighted by atomic mass is 32.2. The van der Waals surface area contributed by atoms with Crippen molar-refractivity contribution in [1.29, 1.82) is 0 Å². The van der Waals surface area contributed by atoms with E-state index >= 15 is 0 Å². The number of benzene rings is 2. The predicted molar refractivity (Wildman–Crippen MR) is 140 cm³/mol. The molecule has 0 saturated carbocycles. The van der Waals surface area contributed by atoms with E-state index < -0.39 is 61.3 Å². The molecule has 0 radical (unpaired) electrons. The monoisotopic (exact) mass is 563 g/mol. The van der Waals surface area contributed by atoms with Crippen LogP contribution in [0.4, 0.5) is 0 Å². The van der Waals surface area contributed by atoms with Gasteiger partial charge in [0.1, 0.15) is 6.61 Å². The Labute approximate surface area is 222 Å². The molecule has 38 heavy (non-hydrogen) atoms. The van der Waals surface area contributed by atoms with Crippen LogP contribution in [0.5, 0.6) is 0 Å². The third-order valence-electron chi connectivity index (χ3n) is 5.43. The first-order chi connectivity index (χ1) is 17.8. The van der Waals surface area contributed by atoms with Gasteiger partial charge in [0.2, 0.25) is 5.91 Å². The lowest BCUT2D eigenvalue weighted by Crippen LogP contribution is -2.37. The molecule has 0 heterocycles. The van der Waals surface area contributed by atoms with Crippen LogP contribution < -0.4 is 5.32 Å². The van der Waals surface area contributed by atoms with E-state index in [0.29, 0.717) is 0 Å². The molecular weight excluding hydrogens is 534 g/mol. The van der Waals surface area contributed by atoms with E-state index in [0.717, 1.165) is 5.56 Å². The lowest BCUT2D eigenvalue weighted by atomic mass is 9.96. The number of rotatable bonds is 15. The Balaban J connectivity index is 2.08. The highest BCUT2D eigenvalue weighted by Gasteiger charge is 2.27. The molecule has 2 aromatic rings. The van der Waals surface area contributed by atoms with Gasteiger partial charge in [0.25, 0.3) is 10.1 Å². The Morgan fingerprint density at radius 3 is 2.26 bits per heavy atom. The maximum absolute atomic E-state index is 12.9. The third-order valence-corrected chi connectivity index (χ3v) is 7.99. The van der Waals surface area contributed by atoms with Gasteiger partial charge in [-0.2, -0.15) is 8.42 Å². The summed E-state index contributed by atoms with van der Waals surface area (Å²) in [7, 11) is -8.28. The fraction of sp³-hybridized carbons (Fsp3) is 0.346. The Kier molecular flexibility index (Phi) is 11.3. The van der Waals surface area contributed by atoms with Crippen molar-refractivity contribution >= 4 is 37.4 Å². The predicted octanol–water partition coefficient (Wildman–Crippen LogP) is 1.88. The van der Waals surface area contributed by atoms with E-state index in [1.165, 1.54) is 36.4 Å². The molecule has 0 saturated heterocycles. The van der Waals surface area contributed by atoms with E-state index in [1.807, 2.05) is 6.92 Å². The Morgan fingerprint density at radius 2 is 1.66 bits per heavy atom. The quantitative estimate of drug-likeness (QED) is 0.143. The first kappa shape index (κ1) is 30.9. The molecule has 0 aromatic heterocycles. The van der Waals surface area contributed by atoms with Crippen molar-refractivity contribution in [3.63, 3.8) is 0 Å². The molecule has 0 aliphatic heterocycles. The molecule has 1 atom stereocenters. The Hall–Kier alpha value is -3.37. The van der Waals surface area contributed by atoms with Crippen molar-refractivity contribution < 1.29 is 40.5 Å². The van der Waals surface area contributed by atoms with Gasteiger partial charge in [0.05, 0.1) is 28.9 Å². The number of ether oxygens (including phenoxy) is 1. The van der Waals surface area contributed by atoms with E-state index in [-0.39, 0.29) is 42.2 Å². The number of aryl methyl sites for hydroxylation is 1. The minimum absolute atomic E-state index is 0.00611. The van der Waals surface area contributed by atoms with E-state index in [4.69, 9.17) is 11.2 Å². The van der Waals surface area contributed by atoms with Gasteiger partial charge in [-0.25, -0.2) is 8.42 Å². The first-order valence-corrected chi connectivity index (χ1v) is 14.8. The third kappa shape index (κ3) is 10.2. The van der Waals surface area contributed by atoms with Crippen molar-refractivity contribution in [3.05, 3.63) is 65.2 Å². The maximum atomic E-state index is 12.9. The number of hydrogen-bond donors (Lipinski definition) is 2. The van der Waals surface area contributed by atoms with Crippen molar-refractivity contribution in [3.8, 4) is 12.3 Å². The molecule has 12 heteroatoms. The van der Waals surface area contributed by atoms with Gasteiger partial charge in [-0.3, -0.25) is 18.9 Å². The molecule has 0 spiro atoms. The lowest BCUT2D eigenvalue weighted by molar-refractivity contribution is -0.124. The van der Waals surface area contributed by atoms with E-state index in [2.05, 4.69) is 11.2 Å². The number of terminal acetylenes is 1. The zero-order valence-corrected chi connectivity index (χ0v) is 22.4. The Bertz CT molecular complexity index is 1410. The minimum Gasteiger partial charge on any atom is -0.367 e. The van der Waals surface area contributed by atoms with Gasteiger partial charge in [-0.15, -0.1) is 6.42 Å². The molecule has 0 bridgehead atoms. The largest absolute Gasteiger partial charge is 0.367 e. The van der Waals surface area contributed by atoms with Crippen LogP contribution >= 0.6 is 0 Å². The molecular formula is C26H29NO9S2. The number of carbonyl (C=O) groups is 3. The number of amides is 1. The summed E-state index contributed by atoms with van der Waals surface area (Å²) in [4.78, 5) is 38.1. The highest BCUT2D eigenvalue weighted by Crippen LogP contribution is 2.17. The van der Waals surface area contributed by atoms with Crippen LogP contribution in [0.2, 0.25) is 0 Å².